The Bertz CT molecular complexity index is 641. The lowest BCUT2D eigenvalue weighted by Gasteiger charge is -2.12. The molecule has 21 heavy (non-hydrogen) atoms. The maximum atomic E-state index is 9.05. The van der Waals surface area contributed by atoms with E-state index in [0.29, 0.717) is 11.6 Å². The Morgan fingerprint density at radius 2 is 1.90 bits per heavy atom. The Morgan fingerprint density at radius 3 is 2.48 bits per heavy atom. The number of benzene rings is 2. The molecule has 2 aromatic carbocycles. The Hall–Kier alpha value is -2.31. The highest BCUT2D eigenvalue weighted by Crippen LogP contribution is 2.31. The van der Waals surface area contributed by atoms with Crippen molar-refractivity contribution in [3.05, 3.63) is 53.6 Å². The molecule has 0 aliphatic rings. The molecule has 0 fully saturated rings. The summed E-state index contributed by atoms with van der Waals surface area (Å²) in [5, 5.41) is 12.3. The molecule has 1 atom stereocenters. The van der Waals surface area contributed by atoms with Crippen molar-refractivity contribution in [3.63, 3.8) is 0 Å². The highest BCUT2D eigenvalue weighted by Gasteiger charge is 2.08. The predicted molar refractivity (Wildman–Crippen MR) is 85.4 cm³/mol. The fourth-order valence-corrected chi connectivity index (χ4v) is 2.28. The van der Waals surface area contributed by atoms with Gasteiger partial charge in [0.25, 0.3) is 0 Å². The molecular weight excluding hydrogens is 260 g/mol. The summed E-state index contributed by atoms with van der Waals surface area (Å²) >= 11 is 0. The Kier molecular flexibility index (Phi) is 4.97. The second-order valence-corrected chi connectivity index (χ2v) is 5.12. The van der Waals surface area contributed by atoms with Gasteiger partial charge in [-0.05, 0) is 49.7 Å². The lowest BCUT2D eigenvalue weighted by molar-refractivity contribution is 0.416. The van der Waals surface area contributed by atoms with E-state index in [4.69, 9.17) is 10.00 Å². The quantitative estimate of drug-likeness (QED) is 0.913. The summed E-state index contributed by atoms with van der Waals surface area (Å²) in [5.74, 6) is 0.783. The largest absolute Gasteiger partial charge is 0.496 e. The second-order valence-electron chi connectivity index (χ2n) is 5.12. The molecule has 0 aliphatic carbocycles. The summed E-state index contributed by atoms with van der Waals surface area (Å²) in [6.07, 6.45) is 0.992. The van der Waals surface area contributed by atoms with Gasteiger partial charge in [0.15, 0.2) is 0 Å². The van der Waals surface area contributed by atoms with Crippen molar-refractivity contribution in [2.75, 3.05) is 14.2 Å². The van der Waals surface area contributed by atoms with Gasteiger partial charge in [0.05, 0.1) is 18.7 Å². The Labute approximate surface area is 126 Å². The Balaban J connectivity index is 2.32. The molecule has 3 heteroatoms. The maximum absolute atomic E-state index is 9.05. The van der Waals surface area contributed by atoms with Gasteiger partial charge in [0.2, 0.25) is 0 Å². The monoisotopic (exact) mass is 280 g/mol. The highest BCUT2D eigenvalue weighted by atomic mass is 16.5. The van der Waals surface area contributed by atoms with Crippen LogP contribution in [0.3, 0.4) is 0 Å². The van der Waals surface area contributed by atoms with Crippen molar-refractivity contribution in [3.8, 4) is 22.9 Å². The number of rotatable bonds is 5. The maximum Gasteiger partial charge on any atom is 0.126 e. The fourth-order valence-electron chi connectivity index (χ4n) is 2.28. The van der Waals surface area contributed by atoms with E-state index in [0.717, 1.165) is 23.3 Å². The van der Waals surface area contributed by atoms with Gasteiger partial charge in [-0.2, -0.15) is 5.26 Å². The van der Waals surface area contributed by atoms with Crippen LogP contribution < -0.4 is 10.1 Å². The van der Waals surface area contributed by atoms with E-state index in [-0.39, 0.29) is 0 Å². The second kappa shape index (κ2) is 6.92. The summed E-state index contributed by atoms with van der Waals surface area (Å²) in [7, 11) is 3.62. The number of methoxy groups -OCH3 is 1. The van der Waals surface area contributed by atoms with Gasteiger partial charge in [-0.1, -0.05) is 24.3 Å². The van der Waals surface area contributed by atoms with Crippen LogP contribution in [0.15, 0.2) is 42.5 Å². The third-order valence-corrected chi connectivity index (χ3v) is 3.63. The van der Waals surface area contributed by atoms with E-state index in [1.54, 1.807) is 13.2 Å². The van der Waals surface area contributed by atoms with Gasteiger partial charge in [0.1, 0.15) is 5.75 Å². The van der Waals surface area contributed by atoms with Gasteiger partial charge < -0.3 is 10.1 Å². The fraction of sp³-hybridized carbons (Fsp3) is 0.278. The molecule has 108 valence electrons. The van der Waals surface area contributed by atoms with Crippen LogP contribution in [0, 0.1) is 11.3 Å². The summed E-state index contributed by atoms with van der Waals surface area (Å²) in [4.78, 5) is 0. The van der Waals surface area contributed by atoms with E-state index in [9.17, 15) is 0 Å². The van der Waals surface area contributed by atoms with Crippen molar-refractivity contribution in [1.82, 2.24) is 5.32 Å². The predicted octanol–water partition coefficient (Wildman–Crippen LogP) is 3.38. The van der Waals surface area contributed by atoms with Crippen LogP contribution in [0.5, 0.6) is 5.75 Å². The molecule has 0 spiro atoms. The van der Waals surface area contributed by atoms with Crippen LogP contribution in [0.4, 0.5) is 0 Å². The van der Waals surface area contributed by atoms with Crippen molar-refractivity contribution in [2.45, 2.75) is 19.4 Å². The summed E-state index contributed by atoms with van der Waals surface area (Å²) in [6.45, 7) is 2.16. The first-order valence-electron chi connectivity index (χ1n) is 7.02. The van der Waals surface area contributed by atoms with Crippen LogP contribution in [0.25, 0.3) is 11.1 Å². The normalized spacial score (nSPS) is 11.7. The van der Waals surface area contributed by atoms with Crippen molar-refractivity contribution < 1.29 is 4.74 Å². The molecule has 0 aromatic heterocycles. The molecule has 0 amide bonds. The third-order valence-electron chi connectivity index (χ3n) is 3.63. The molecule has 2 aromatic rings. The van der Waals surface area contributed by atoms with Gasteiger partial charge in [-0.25, -0.2) is 0 Å². The van der Waals surface area contributed by atoms with Gasteiger partial charge >= 0.3 is 0 Å². The number of hydrogen-bond acceptors (Lipinski definition) is 3. The summed E-state index contributed by atoms with van der Waals surface area (Å²) < 4.78 is 5.39. The lowest BCUT2D eigenvalue weighted by atomic mass is 9.99. The van der Waals surface area contributed by atoms with E-state index in [1.165, 1.54) is 5.56 Å². The topological polar surface area (TPSA) is 45.0 Å². The van der Waals surface area contributed by atoms with E-state index in [1.807, 2.05) is 19.2 Å². The number of nitriles is 1. The number of hydrogen-bond donors (Lipinski definition) is 1. The van der Waals surface area contributed by atoms with Crippen molar-refractivity contribution >= 4 is 0 Å². The van der Waals surface area contributed by atoms with Gasteiger partial charge in [0, 0.05) is 11.6 Å². The molecule has 0 bridgehead atoms. The average Bonchev–Trinajstić information content (AvgIpc) is 2.54. The Morgan fingerprint density at radius 1 is 1.19 bits per heavy atom. The first kappa shape index (κ1) is 15.1. The number of nitrogens with one attached hydrogen (secondary N) is 1. The van der Waals surface area contributed by atoms with Crippen LogP contribution in [-0.4, -0.2) is 20.2 Å². The third kappa shape index (κ3) is 3.62. The minimum atomic E-state index is 0.451. The highest BCUT2D eigenvalue weighted by molar-refractivity contribution is 5.72. The van der Waals surface area contributed by atoms with E-state index < -0.39 is 0 Å². The molecule has 0 saturated carbocycles. The van der Waals surface area contributed by atoms with Crippen LogP contribution in [0.1, 0.15) is 18.1 Å². The molecule has 0 aliphatic heterocycles. The lowest BCUT2D eigenvalue weighted by Crippen LogP contribution is -2.23. The van der Waals surface area contributed by atoms with Crippen molar-refractivity contribution in [2.24, 2.45) is 0 Å². The summed E-state index contributed by atoms with van der Waals surface area (Å²) in [5.41, 5.74) is 3.93. The number of nitrogens with zero attached hydrogens (tertiary/aromatic N) is 1. The van der Waals surface area contributed by atoms with Gasteiger partial charge in [-0.15, -0.1) is 0 Å². The summed E-state index contributed by atoms with van der Waals surface area (Å²) in [6, 6.07) is 16.5. The molecule has 1 unspecified atom stereocenters. The zero-order valence-electron chi connectivity index (χ0n) is 12.7. The molecule has 1 N–H and O–H groups in total. The minimum absolute atomic E-state index is 0.451. The van der Waals surface area contributed by atoms with Crippen LogP contribution >= 0.6 is 0 Å². The first-order valence-corrected chi connectivity index (χ1v) is 7.02. The van der Waals surface area contributed by atoms with Crippen LogP contribution in [-0.2, 0) is 6.42 Å². The smallest absolute Gasteiger partial charge is 0.126 e. The standard InChI is InChI=1S/C18H20N2O/c1-13(20-2)10-14-4-7-16(8-5-14)17-11-15(12-19)6-9-18(17)21-3/h4-9,11,13,20H,10H2,1-3H3. The minimum Gasteiger partial charge on any atom is -0.496 e. The van der Waals surface area contributed by atoms with Crippen molar-refractivity contribution in [1.29, 1.82) is 5.26 Å². The molecule has 0 saturated heterocycles. The molecule has 0 heterocycles. The molecule has 2 rings (SSSR count). The number of ether oxygens (including phenoxy) is 1. The molecule has 3 nitrogen and oxygen atoms in total. The average molecular weight is 280 g/mol. The van der Waals surface area contributed by atoms with Crippen LogP contribution in [0.2, 0.25) is 0 Å². The zero-order valence-corrected chi connectivity index (χ0v) is 12.7. The SMILES string of the molecule is CNC(C)Cc1ccc(-c2cc(C#N)ccc2OC)cc1. The van der Waals surface area contributed by atoms with E-state index >= 15 is 0 Å². The van der Waals surface area contributed by atoms with Gasteiger partial charge in [-0.3, -0.25) is 0 Å². The number of likely N-dealkylation sites (N-methyl/N-ethyl adjacent to an activating group) is 1. The van der Waals surface area contributed by atoms with E-state index in [2.05, 4.69) is 42.6 Å². The molecule has 0 radical (unpaired) electrons. The zero-order chi connectivity index (χ0) is 15.2. The molecular formula is C18H20N2O. The first-order chi connectivity index (χ1) is 10.2.